The molecular weight excluding hydrogens is 302 g/mol. The van der Waals surface area contributed by atoms with Gasteiger partial charge in [-0.1, -0.05) is 29.8 Å². The Labute approximate surface area is 135 Å². The first-order chi connectivity index (χ1) is 10.2. The van der Waals surface area contributed by atoms with Crippen LogP contribution in [0, 0.1) is 0 Å². The molecule has 0 aliphatic carbocycles. The third-order valence-electron chi connectivity index (χ3n) is 3.53. The largest absolute Gasteiger partial charge is 0.496 e. The Balaban J connectivity index is 2.33. The molecule has 21 heavy (non-hydrogen) atoms. The minimum atomic E-state index is 0.223. The highest BCUT2D eigenvalue weighted by molar-refractivity contribution is 7.98. The summed E-state index contributed by atoms with van der Waals surface area (Å²) in [5.74, 6) is 0.876. The Bertz CT molecular complexity index is 603. The van der Waals surface area contributed by atoms with Gasteiger partial charge in [0.05, 0.1) is 7.11 Å². The summed E-state index contributed by atoms with van der Waals surface area (Å²) >= 11 is 7.89. The van der Waals surface area contributed by atoms with Crippen LogP contribution in [0.15, 0.2) is 47.4 Å². The van der Waals surface area contributed by atoms with Crippen LogP contribution < -0.4 is 10.1 Å². The van der Waals surface area contributed by atoms with Crippen LogP contribution >= 0.6 is 23.4 Å². The van der Waals surface area contributed by atoms with Gasteiger partial charge < -0.3 is 10.1 Å². The maximum atomic E-state index is 6.12. The zero-order valence-corrected chi connectivity index (χ0v) is 14.1. The molecule has 1 atom stereocenters. The average Bonchev–Trinajstić information content (AvgIpc) is 2.52. The minimum absolute atomic E-state index is 0.223. The summed E-state index contributed by atoms with van der Waals surface area (Å²) in [6.45, 7) is 0. The van der Waals surface area contributed by atoms with Crippen molar-refractivity contribution in [3.05, 3.63) is 58.6 Å². The molecule has 1 N–H and O–H groups in total. The predicted octanol–water partition coefficient (Wildman–Crippen LogP) is 4.57. The van der Waals surface area contributed by atoms with E-state index in [4.69, 9.17) is 16.3 Å². The van der Waals surface area contributed by atoms with Gasteiger partial charge in [0.2, 0.25) is 0 Å². The number of halogens is 1. The zero-order chi connectivity index (χ0) is 15.2. The fourth-order valence-corrected chi connectivity index (χ4v) is 3.30. The fraction of sp³-hybridized carbons (Fsp3) is 0.294. The van der Waals surface area contributed by atoms with Gasteiger partial charge in [-0.3, -0.25) is 0 Å². The Kier molecular flexibility index (Phi) is 5.97. The molecule has 0 fully saturated rings. The van der Waals surface area contributed by atoms with E-state index < -0.39 is 0 Å². The van der Waals surface area contributed by atoms with Crippen LogP contribution in [0.3, 0.4) is 0 Å². The molecule has 1 unspecified atom stereocenters. The van der Waals surface area contributed by atoms with Gasteiger partial charge in [0.1, 0.15) is 5.75 Å². The topological polar surface area (TPSA) is 21.3 Å². The molecular formula is C17H20ClNOS. The van der Waals surface area contributed by atoms with Crippen molar-refractivity contribution in [3.8, 4) is 5.75 Å². The van der Waals surface area contributed by atoms with E-state index in [1.54, 1.807) is 18.9 Å². The third kappa shape index (κ3) is 3.94. The maximum absolute atomic E-state index is 6.12. The van der Waals surface area contributed by atoms with Gasteiger partial charge in [0, 0.05) is 16.0 Å². The fourth-order valence-electron chi connectivity index (χ4n) is 2.45. The molecule has 0 aromatic heterocycles. The third-order valence-corrected chi connectivity index (χ3v) is 4.58. The SMILES string of the molecule is CNC(Cc1cc(Cl)ccc1OC)c1ccccc1SC. The van der Waals surface area contributed by atoms with Crippen molar-refractivity contribution in [2.24, 2.45) is 0 Å². The average molecular weight is 322 g/mol. The lowest BCUT2D eigenvalue weighted by atomic mass is 9.98. The molecule has 0 heterocycles. The first kappa shape index (κ1) is 16.2. The van der Waals surface area contributed by atoms with Crippen LogP contribution in [0.5, 0.6) is 5.75 Å². The highest BCUT2D eigenvalue weighted by Gasteiger charge is 2.16. The van der Waals surface area contributed by atoms with E-state index >= 15 is 0 Å². The standard InChI is InChI=1S/C17H20ClNOS/c1-19-15(14-6-4-5-7-17(14)21-3)11-12-10-13(18)8-9-16(12)20-2/h4-10,15,19H,11H2,1-3H3. The van der Waals surface area contributed by atoms with E-state index in [2.05, 4.69) is 35.8 Å². The van der Waals surface area contributed by atoms with Crippen molar-refractivity contribution < 1.29 is 4.74 Å². The van der Waals surface area contributed by atoms with Gasteiger partial charge in [0.15, 0.2) is 0 Å². The van der Waals surface area contributed by atoms with Gasteiger partial charge in [-0.15, -0.1) is 11.8 Å². The van der Waals surface area contributed by atoms with Crippen molar-refractivity contribution in [2.45, 2.75) is 17.4 Å². The van der Waals surface area contributed by atoms with Gasteiger partial charge in [-0.05, 0) is 55.1 Å². The molecule has 0 bridgehead atoms. The van der Waals surface area contributed by atoms with E-state index in [0.29, 0.717) is 0 Å². The van der Waals surface area contributed by atoms with Crippen LogP contribution in [0.1, 0.15) is 17.2 Å². The van der Waals surface area contributed by atoms with Crippen molar-refractivity contribution >= 4 is 23.4 Å². The first-order valence-corrected chi connectivity index (χ1v) is 8.42. The second kappa shape index (κ2) is 7.74. The molecule has 0 amide bonds. The molecule has 4 heteroatoms. The molecule has 0 aliphatic heterocycles. The molecule has 112 valence electrons. The summed E-state index contributed by atoms with van der Waals surface area (Å²) in [7, 11) is 3.68. The van der Waals surface area contributed by atoms with Crippen LogP contribution in [0.2, 0.25) is 5.02 Å². The smallest absolute Gasteiger partial charge is 0.122 e. The second-order valence-corrected chi connectivity index (χ2v) is 6.03. The summed E-state index contributed by atoms with van der Waals surface area (Å²) in [5.41, 5.74) is 2.41. The Morgan fingerprint density at radius 1 is 1.24 bits per heavy atom. The van der Waals surface area contributed by atoms with Crippen molar-refractivity contribution in [1.82, 2.24) is 5.32 Å². The maximum Gasteiger partial charge on any atom is 0.122 e. The zero-order valence-electron chi connectivity index (χ0n) is 12.5. The quantitative estimate of drug-likeness (QED) is 0.787. The molecule has 0 aliphatic rings. The number of hydrogen-bond donors (Lipinski definition) is 1. The van der Waals surface area contributed by atoms with Gasteiger partial charge in [0.25, 0.3) is 0 Å². The molecule has 2 nitrogen and oxygen atoms in total. The van der Waals surface area contributed by atoms with Gasteiger partial charge in [-0.2, -0.15) is 0 Å². The van der Waals surface area contributed by atoms with Crippen molar-refractivity contribution in [1.29, 1.82) is 0 Å². The van der Waals surface area contributed by atoms with Crippen molar-refractivity contribution in [3.63, 3.8) is 0 Å². The molecule has 2 rings (SSSR count). The van der Waals surface area contributed by atoms with E-state index in [1.807, 2.05) is 25.2 Å². The number of hydrogen-bond acceptors (Lipinski definition) is 3. The summed E-state index contributed by atoms with van der Waals surface area (Å²) < 4.78 is 5.45. The minimum Gasteiger partial charge on any atom is -0.496 e. The summed E-state index contributed by atoms with van der Waals surface area (Å²) in [4.78, 5) is 1.29. The van der Waals surface area contributed by atoms with Crippen LogP contribution in [-0.4, -0.2) is 20.4 Å². The normalized spacial score (nSPS) is 12.2. The number of methoxy groups -OCH3 is 1. The first-order valence-electron chi connectivity index (χ1n) is 6.82. The molecule has 2 aromatic carbocycles. The predicted molar refractivity (Wildman–Crippen MR) is 91.7 cm³/mol. The van der Waals surface area contributed by atoms with Crippen molar-refractivity contribution in [2.75, 3.05) is 20.4 Å². The summed E-state index contributed by atoms with van der Waals surface area (Å²) in [6, 6.07) is 14.5. The van der Waals surface area contributed by atoms with E-state index in [1.165, 1.54) is 10.5 Å². The lowest BCUT2D eigenvalue weighted by Gasteiger charge is -2.20. The van der Waals surface area contributed by atoms with Gasteiger partial charge in [-0.25, -0.2) is 0 Å². The lowest BCUT2D eigenvalue weighted by Crippen LogP contribution is -2.19. The number of rotatable bonds is 6. The number of ether oxygens (including phenoxy) is 1. The second-order valence-electron chi connectivity index (χ2n) is 4.74. The van der Waals surface area contributed by atoms with E-state index in [-0.39, 0.29) is 6.04 Å². The number of thioether (sulfide) groups is 1. The summed E-state index contributed by atoms with van der Waals surface area (Å²) in [6.07, 6.45) is 2.93. The molecule has 0 saturated carbocycles. The Morgan fingerprint density at radius 2 is 2.00 bits per heavy atom. The number of likely N-dealkylation sites (N-methyl/N-ethyl adjacent to an activating group) is 1. The Morgan fingerprint density at radius 3 is 2.67 bits per heavy atom. The molecule has 2 aromatic rings. The lowest BCUT2D eigenvalue weighted by molar-refractivity contribution is 0.406. The highest BCUT2D eigenvalue weighted by Crippen LogP contribution is 2.31. The molecule has 0 saturated heterocycles. The van der Waals surface area contributed by atoms with Crippen LogP contribution in [-0.2, 0) is 6.42 Å². The van der Waals surface area contributed by atoms with Crippen LogP contribution in [0.4, 0.5) is 0 Å². The highest BCUT2D eigenvalue weighted by atomic mass is 35.5. The molecule has 0 radical (unpaired) electrons. The monoisotopic (exact) mass is 321 g/mol. The van der Waals surface area contributed by atoms with Crippen LogP contribution in [0.25, 0.3) is 0 Å². The number of benzene rings is 2. The summed E-state index contributed by atoms with van der Waals surface area (Å²) in [5, 5.41) is 4.14. The van der Waals surface area contributed by atoms with E-state index in [9.17, 15) is 0 Å². The number of nitrogens with one attached hydrogen (secondary N) is 1. The van der Waals surface area contributed by atoms with Gasteiger partial charge >= 0.3 is 0 Å². The van der Waals surface area contributed by atoms with E-state index in [0.717, 1.165) is 22.8 Å². The Hall–Kier alpha value is -1.16. The molecule has 0 spiro atoms.